The Bertz CT molecular complexity index is 327. The maximum absolute atomic E-state index is 9.01. The molecule has 4 nitrogen and oxygen atoms in total. The van der Waals surface area contributed by atoms with Crippen LogP contribution in [-0.2, 0) is 0 Å². The summed E-state index contributed by atoms with van der Waals surface area (Å²) in [6, 6.07) is 6.38. The molecule has 0 bridgehead atoms. The second-order valence-electron chi connectivity index (χ2n) is 4.97. The van der Waals surface area contributed by atoms with E-state index in [0.717, 1.165) is 18.7 Å². The first-order valence-corrected chi connectivity index (χ1v) is 6.61. The van der Waals surface area contributed by atoms with E-state index in [2.05, 4.69) is 23.7 Å². The van der Waals surface area contributed by atoms with Crippen LogP contribution in [0.25, 0.3) is 0 Å². The standard InChI is InChI=1S/C14H25N3O/c1-11(2)17(9-6-10-18)14(12(3)15)13-7-4-5-8-16-13/h4-5,7-8,11-12,14,18H,6,9-10,15H2,1-3H3. The molecule has 0 radical (unpaired) electrons. The summed E-state index contributed by atoms with van der Waals surface area (Å²) >= 11 is 0. The van der Waals surface area contributed by atoms with Crippen molar-refractivity contribution in [3.63, 3.8) is 0 Å². The molecule has 0 aliphatic rings. The molecule has 2 atom stereocenters. The molecule has 1 rings (SSSR count). The van der Waals surface area contributed by atoms with Gasteiger partial charge in [0.25, 0.3) is 0 Å². The third-order valence-electron chi connectivity index (χ3n) is 3.08. The summed E-state index contributed by atoms with van der Waals surface area (Å²) in [7, 11) is 0. The number of hydrogen-bond acceptors (Lipinski definition) is 4. The van der Waals surface area contributed by atoms with Gasteiger partial charge < -0.3 is 10.8 Å². The summed E-state index contributed by atoms with van der Waals surface area (Å²) in [5, 5.41) is 9.01. The smallest absolute Gasteiger partial charge is 0.0673 e. The van der Waals surface area contributed by atoms with Crippen molar-refractivity contribution >= 4 is 0 Å². The third-order valence-corrected chi connectivity index (χ3v) is 3.08. The number of hydrogen-bond donors (Lipinski definition) is 2. The van der Waals surface area contributed by atoms with Gasteiger partial charge in [0, 0.05) is 31.4 Å². The highest BCUT2D eigenvalue weighted by atomic mass is 16.3. The van der Waals surface area contributed by atoms with Crippen LogP contribution in [0.1, 0.15) is 38.9 Å². The van der Waals surface area contributed by atoms with Crippen molar-refractivity contribution in [2.45, 2.75) is 45.3 Å². The highest BCUT2D eigenvalue weighted by Gasteiger charge is 2.26. The van der Waals surface area contributed by atoms with Gasteiger partial charge in [-0.3, -0.25) is 9.88 Å². The predicted molar refractivity (Wildman–Crippen MR) is 74.2 cm³/mol. The lowest BCUT2D eigenvalue weighted by molar-refractivity contribution is 0.120. The molecule has 0 aromatic carbocycles. The van der Waals surface area contributed by atoms with E-state index >= 15 is 0 Å². The van der Waals surface area contributed by atoms with Crippen molar-refractivity contribution in [1.29, 1.82) is 0 Å². The topological polar surface area (TPSA) is 62.4 Å². The summed E-state index contributed by atoms with van der Waals surface area (Å²) in [5.74, 6) is 0. The SMILES string of the molecule is CC(N)C(c1ccccn1)N(CCCO)C(C)C. The molecule has 102 valence electrons. The molecule has 0 amide bonds. The van der Waals surface area contributed by atoms with Gasteiger partial charge in [0.15, 0.2) is 0 Å². The van der Waals surface area contributed by atoms with Crippen LogP contribution < -0.4 is 5.73 Å². The molecule has 4 heteroatoms. The largest absolute Gasteiger partial charge is 0.396 e. The number of aliphatic hydroxyl groups is 1. The van der Waals surface area contributed by atoms with Crippen molar-refractivity contribution in [2.75, 3.05) is 13.2 Å². The summed E-state index contributed by atoms with van der Waals surface area (Å²) < 4.78 is 0. The van der Waals surface area contributed by atoms with Crippen molar-refractivity contribution in [1.82, 2.24) is 9.88 Å². The van der Waals surface area contributed by atoms with Crippen LogP contribution in [0.3, 0.4) is 0 Å². The summed E-state index contributed by atoms with van der Waals surface area (Å²) in [5.41, 5.74) is 7.13. The minimum atomic E-state index is 0.000919. The number of pyridine rings is 1. The molecule has 0 aliphatic carbocycles. The molecule has 0 saturated heterocycles. The molecule has 2 unspecified atom stereocenters. The molecule has 18 heavy (non-hydrogen) atoms. The summed E-state index contributed by atoms with van der Waals surface area (Å²) in [4.78, 5) is 6.74. The number of rotatable bonds is 7. The van der Waals surface area contributed by atoms with Crippen LogP contribution in [0, 0.1) is 0 Å². The zero-order valence-electron chi connectivity index (χ0n) is 11.6. The lowest BCUT2D eigenvalue weighted by atomic mass is 10.0. The van der Waals surface area contributed by atoms with E-state index in [0.29, 0.717) is 6.04 Å². The summed E-state index contributed by atoms with van der Waals surface area (Å²) in [6.45, 7) is 7.34. The van der Waals surface area contributed by atoms with E-state index in [1.807, 2.05) is 25.1 Å². The fourth-order valence-corrected chi connectivity index (χ4v) is 2.26. The Kier molecular flexibility index (Phi) is 6.25. The molecule has 1 heterocycles. The van der Waals surface area contributed by atoms with E-state index in [1.165, 1.54) is 0 Å². The van der Waals surface area contributed by atoms with Gasteiger partial charge in [0.2, 0.25) is 0 Å². The zero-order chi connectivity index (χ0) is 13.5. The molecule has 0 saturated carbocycles. The highest BCUT2D eigenvalue weighted by molar-refractivity contribution is 5.11. The maximum Gasteiger partial charge on any atom is 0.0673 e. The fraction of sp³-hybridized carbons (Fsp3) is 0.643. The van der Waals surface area contributed by atoms with Gasteiger partial charge >= 0.3 is 0 Å². The second-order valence-corrected chi connectivity index (χ2v) is 4.97. The van der Waals surface area contributed by atoms with Gasteiger partial charge in [-0.1, -0.05) is 6.07 Å². The van der Waals surface area contributed by atoms with E-state index < -0.39 is 0 Å². The van der Waals surface area contributed by atoms with Crippen molar-refractivity contribution in [2.24, 2.45) is 5.73 Å². The second kappa shape index (κ2) is 7.46. The molecular formula is C14H25N3O. The lowest BCUT2D eigenvalue weighted by Crippen LogP contribution is -2.44. The van der Waals surface area contributed by atoms with E-state index in [1.54, 1.807) is 6.20 Å². The molecule has 0 spiro atoms. The Morgan fingerprint density at radius 2 is 2.06 bits per heavy atom. The first-order valence-electron chi connectivity index (χ1n) is 6.61. The number of nitrogens with zero attached hydrogens (tertiary/aromatic N) is 2. The van der Waals surface area contributed by atoms with Gasteiger partial charge in [-0.15, -0.1) is 0 Å². The fourth-order valence-electron chi connectivity index (χ4n) is 2.26. The number of nitrogens with two attached hydrogens (primary N) is 1. The van der Waals surface area contributed by atoms with E-state index in [4.69, 9.17) is 10.8 Å². The molecule has 0 fully saturated rings. The minimum Gasteiger partial charge on any atom is -0.396 e. The molecule has 1 aromatic heterocycles. The van der Waals surface area contributed by atoms with E-state index in [-0.39, 0.29) is 18.7 Å². The van der Waals surface area contributed by atoms with Crippen molar-refractivity contribution in [3.05, 3.63) is 30.1 Å². The monoisotopic (exact) mass is 251 g/mol. The van der Waals surface area contributed by atoms with E-state index in [9.17, 15) is 0 Å². The zero-order valence-corrected chi connectivity index (χ0v) is 11.6. The summed E-state index contributed by atoms with van der Waals surface area (Å²) in [6.07, 6.45) is 2.56. The van der Waals surface area contributed by atoms with Crippen LogP contribution in [0.2, 0.25) is 0 Å². The van der Waals surface area contributed by atoms with Crippen molar-refractivity contribution in [3.8, 4) is 0 Å². The molecule has 0 aliphatic heterocycles. The van der Waals surface area contributed by atoms with Crippen molar-refractivity contribution < 1.29 is 5.11 Å². The molecular weight excluding hydrogens is 226 g/mol. The van der Waals surface area contributed by atoms with Crippen LogP contribution in [-0.4, -0.2) is 40.2 Å². The van der Waals surface area contributed by atoms with Crippen LogP contribution >= 0.6 is 0 Å². The van der Waals surface area contributed by atoms with Gasteiger partial charge in [-0.25, -0.2) is 0 Å². The Morgan fingerprint density at radius 3 is 2.50 bits per heavy atom. The Hall–Kier alpha value is -0.970. The first-order chi connectivity index (χ1) is 8.57. The van der Waals surface area contributed by atoms with Gasteiger partial charge in [-0.05, 0) is 39.3 Å². The normalized spacial score (nSPS) is 15.1. The average Bonchev–Trinajstić information content (AvgIpc) is 2.34. The number of aliphatic hydroxyl groups excluding tert-OH is 1. The number of aromatic nitrogens is 1. The first kappa shape index (κ1) is 15.1. The minimum absolute atomic E-state index is 0.000919. The average molecular weight is 251 g/mol. The highest BCUT2D eigenvalue weighted by Crippen LogP contribution is 2.24. The lowest BCUT2D eigenvalue weighted by Gasteiger charge is -2.36. The van der Waals surface area contributed by atoms with Gasteiger partial charge in [0.1, 0.15) is 0 Å². The van der Waals surface area contributed by atoms with Crippen LogP contribution in [0.5, 0.6) is 0 Å². The van der Waals surface area contributed by atoms with Gasteiger partial charge in [0.05, 0.1) is 11.7 Å². The quantitative estimate of drug-likeness (QED) is 0.772. The molecule has 1 aromatic rings. The Morgan fingerprint density at radius 1 is 1.33 bits per heavy atom. The predicted octanol–water partition coefficient (Wildman–Crippen LogP) is 1.56. The van der Waals surface area contributed by atoms with Crippen LogP contribution in [0.15, 0.2) is 24.4 Å². The Balaban J connectivity index is 2.94. The third kappa shape index (κ3) is 4.05. The Labute approximate surface area is 110 Å². The van der Waals surface area contributed by atoms with Gasteiger partial charge in [-0.2, -0.15) is 0 Å². The van der Waals surface area contributed by atoms with Crippen LogP contribution in [0.4, 0.5) is 0 Å². The molecule has 3 N–H and O–H groups in total. The maximum atomic E-state index is 9.01.